The summed E-state index contributed by atoms with van der Waals surface area (Å²) in [5, 5.41) is 11.5. The number of hydrogen-bond donors (Lipinski definition) is 2. The second kappa shape index (κ2) is 4.82. The van der Waals surface area contributed by atoms with Crippen molar-refractivity contribution in [2.75, 3.05) is 13.2 Å². The molecular weight excluding hydrogens is 264 g/mol. The number of benzene rings is 1. The van der Waals surface area contributed by atoms with Crippen LogP contribution in [0.4, 0.5) is 8.78 Å². The highest BCUT2D eigenvalue weighted by molar-refractivity contribution is 6.33. The van der Waals surface area contributed by atoms with Gasteiger partial charge in [0.1, 0.15) is 0 Å². The summed E-state index contributed by atoms with van der Waals surface area (Å²) in [4.78, 5) is 11.8. The zero-order valence-electron chi connectivity index (χ0n) is 9.47. The fourth-order valence-electron chi connectivity index (χ4n) is 1.63. The summed E-state index contributed by atoms with van der Waals surface area (Å²) in [6, 6.07) is 1.54. The number of aliphatic hydroxyl groups excluding tert-OH is 1. The Morgan fingerprint density at radius 3 is 2.56 bits per heavy atom. The lowest BCUT2D eigenvalue weighted by Crippen LogP contribution is -2.32. The van der Waals surface area contributed by atoms with Crippen LogP contribution in [0, 0.1) is 17.0 Å². The third-order valence-corrected chi connectivity index (χ3v) is 3.48. The average molecular weight is 276 g/mol. The van der Waals surface area contributed by atoms with Gasteiger partial charge in [-0.15, -0.1) is 0 Å². The van der Waals surface area contributed by atoms with Crippen LogP contribution in [0.3, 0.4) is 0 Å². The second-order valence-electron chi connectivity index (χ2n) is 4.59. The lowest BCUT2D eigenvalue weighted by atomic mass is 10.1. The van der Waals surface area contributed by atoms with Gasteiger partial charge in [0.2, 0.25) is 0 Å². The molecule has 0 aliphatic heterocycles. The lowest BCUT2D eigenvalue weighted by Gasteiger charge is -2.13. The van der Waals surface area contributed by atoms with Gasteiger partial charge in [0.15, 0.2) is 11.6 Å². The molecule has 0 atom stereocenters. The number of hydrogen-bond acceptors (Lipinski definition) is 2. The minimum atomic E-state index is -1.12. The molecule has 18 heavy (non-hydrogen) atoms. The minimum absolute atomic E-state index is 0.00120. The number of carbonyl (C=O) groups is 1. The van der Waals surface area contributed by atoms with Crippen LogP contribution in [-0.4, -0.2) is 24.2 Å². The summed E-state index contributed by atoms with van der Waals surface area (Å²) >= 11 is 5.68. The largest absolute Gasteiger partial charge is 0.396 e. The standard InChI is InChI=1S/C12H12ClF2NO2/c13-8-4-10(15)9(14)3-7(8)11(18)16-5-12(6-17)1-2-12/h3-4,17H,1-2,5-6H2,(H,16,18). The number of carbonyl (C=O) groups excluding carboxylic acids is 1. The molecule has 1 aromatic rings. The molecule has 1 amide bonds. The zero-order chi connectivity index (χ0) is 13.3. The van der Waals surface area contributed by atoms with Crippen LogP contribution in [0.25, 0.3) is 0 Å². The van der Waals surface area contributed by atoms with Gasteiger partial charge >= 0.3 is 0 Å². The maximum Gasteiger partial charge on any atom is 0.252 e. The van der Waals surface area contributed by atoms with Crippen molar-refractivity contribution in [3.8, 4) is 0 Å². The summed E-state index contributed by atoms with van der Waals surface area (Å²) in [6.45, 7) is 0.302. The van der Waals surface area contributed by atoms with E-state index >= 15 is 0 Å². The van der Waals surface area contributed by atoms with Crippen molar-refractivity contribution in [1.82, 2.24) is 5.32 Å². The first-order chi connectivity index (χ1) is 8.47. The van der Waals surface area contributed by atoms with Crippen LogP contribution in [-0.2, 0) is 0 Å². The molecular formula is C12H12ClF2NO2. The van der Waals surface area contributed by atoms with Gasteiger partial charge < -0.3 is 10.4 Å². The van der Waals surface area contributed by atoms with Crippen molar-refractivity contribution < 1.29 is 18.7 Å². The van der Waals surface area contributed by atoms with Gasteiger partial charge in [-0.3, -0.25) is 4.79 Å². The predicted octanol–water partition coefficient (Wildman–Crippen LogP) is 2.12. The van der Waals surface area contributed by atoms with Crippen molar-refractivity contribution in [3.05, 3.63) is 34.4 Å². The van der Waals surface area contributed by atoms with Gasteiger partial charge in [-0.1, -0.05) is 11.6 Å². The molecule has 1 aliphatic rings. The van der Waals surface area contributed by atoms with E-state index in [0.29, 0.717) is 6.54 Å². The highest BCUT2D eigenvalue weighted by Crippen LogP contribution is 2.44. The molecule has 6 heteroatoms. The van der Waals surface area contributed by atoms with E-state index in [-0.39, 0.29) is 22.6 Å². The monoisotopic (exact) mass is 275 g/mol. The Morgan fingerprint density at radius 2 is 2.00 bits per heavy atom. The molecule has 0 aromatic heterocycles. The van der Waals surface area contributed by atoms with Crippen LogP contribution in [0.5, 0.6) is 0 Å². The minimum Gasteiger partial charge on any atom is -0.396 e. The first-order valence-corrected chi connectivity index (χ1v) is 5.89. The molecule has 0 heterocycles. The van der Waals surface area contributed by atoms with Crippen LogP contribution in [0.2, 0.25) is 5.02 Å². The maximum atomic E-state index is 13.0. The first kappa shape index (κ1) is 13.2. The van der Waals surface area contributed by atoms with Crippen LogP contribution < -0.4 is 5.32 Å². The predicted molar refractivity (Wildman–Crippen MR) is 62.5 cm³/mol. The summed E-state index contributed by atoms with van der Waals surface area (Å²) in [7, 11) is 0. The fourth-order valence-corrected chi connectivity index (χ4v) is 1.86. The van der Waals surface area contributed by atoms with Gasteiger partial charge in [0.25, 0.3) is 5.91 Å². The summed E-state index contributed by atoms with van der Waals surface area (Å²) in [6.07, 6.45) is 1.69. The number of nitrogens with one attached hydrogen (secondary N) is 1. The molecule has 2 N–H and O–H groups in total. The Labute approximate surface area is 108 Å². The van der Waals surface area contributed by atoms with E-state index in [2.05, 4.69) is 5.32 Å². The molecule has 1 aromatic carbocycles. The van der Waals surface area contributed by atoms with Gasteiger partial charge in [-0.2, -0.15) is 0 Å². The van der Waals surface area contributed by atoms with Crippen LogP contribution in [0.1, 0.15) is 23.2 Å². The third-order valence-electron chi connectivity index (χ3n) is 3.17. The second-order valence-corrected chi connectivity index (χ2v) is 4.99. The van der Waals surface area contributed by atoms with Gasteiger partial charge in [0.05, 0.1) is 17.2 Å². The van der Waals surface area contributed by atoms with Crippen molar-refractivity contribution >= 4 is 17.5 Å². The topological polar surface area (TPSA) is 49.3 Å². The Bertz CT molecular complexity index is 489. The van der Waals surface area contributed by atoms with E-state index in [0.717, 1.165) is 25.0 Å². The SMILES string of the molecule is O=C(NCC1(CO)CC1)c1cc(F)c(F)cc1Cl. The average Bonchev–Trinajstić information content (AvgIpc) is 3.11. The van der Waals surface area contributed by atoms with E-state index in [1.165, 1.54) is 0 Å². The van der Waals surface area contributed by atoms with Gasteiger partial charge in [-0.05, 0) is 25.0 Å². The number of amides is 1. The van der Waals surface area contributed by atoms with Gasteiger partial charge in [-0.25, -0.2) is 8.78 Å². The molecule has 0 spiro atoms. The van der Waals surface area contributed by atoms with E-state index in [4.69, 9.17) is 16.7 Å². The van der Waals surface area contributed by atoms with Gasteiger partial charge in [0, 0.05) is 12.0 Å². The molecule has 1 fully saturated rings. The smallest absolute Gasteiger partial charge is 0.252 e. The highest BCUT2D eigenvalue weighted by atomic mass is 35.5. The Kier molecular flexibility index (Phi) is 3.54. The van der Waals surface area contributed by atoms with E-state index < -0.39 is 17.5 Å². The molecule has 2 rings (SSSR count). The van der Waals surface area contributed by atoms with Crippen LogP contribution in [0.15, 0.2) is 12.1 Å². The van der Waals surface area contributed by atoms with E-state index in [9.17, 15) is 13.6 Å². The Hall–Kier alpha value is -1.20. The fraction of sp³-hybridized carbons (Fsp3) is 0.417. The molecule has 0 unspecified atom stereocenters. The molecule has 3 nitrogen and oxygen atoms in total. The Balaban J connectivity index is 2.07. The molecule has 0 bridgehead atoms. The van der Waals surface area contributed by atoms with Crippen molar-refractivity contribution in [3.63, 3.8) is 0 Å². The molecule has 98 valence electrons. The van der Waals surface area contributed by atoms with Crippen molar-refractivity contribution in [2.45, 2.75) is 12.8 Å². The lowest BCUT2D eigenvalue weighted by molar-refractivity contribution is 0.0935. The molecule has 0 radical (unpaired) electrons. The Morgan fingerprint density at radius 1 is 1.39 bits per heavy atom. The number of halogens is 3. The quantitative estimate of drug-likeness (QED) is 0.827. The molecule has 1 saturated carbocycles. The molecule has 0 saturated heterocycles. The summed E-state index contributed by atoms with van der Waals surface area (Å²) in [5.41, 5.74) is -0.356. The summed E-state index contributed by atoms with van der Waals surface area (Å²) in [5.74, 6) is -2.78. The maximum absolute atomic E-state index is 13.0. The third kappa shape index (κ3) is 2.62. The number of aliphatic hydroxyl groups is 1. The van der Waals surface area contributed by atoms with E-state index in [1.807, 2.05) is 0 Å². The highest BCUT2D eigenvalue weighted by Gasteiger charge is 2.42. The van der Waals surface area contributed by atoms with Crippen LogP contribution >= 0.6 is 11.6 Å². The van der Waals surface area contributed by atoms with Crippen molar-refractivity contribution in [1.29, 1.82) is 0 Å². The van der Waals surface area contributed by atoms with Crippen molar-refractivity contribution in [2.24, 2.45) is 5.41 Å². The molecule has 1 aliphatic carbocycles. The first-order valence-electron chi connectivity index (χ1n) is 5.51. The normalized spacial score (nSPS) is 16.4. The zero-order valence-corrected chi connectivity index (χ0v) is 10.2. The number of rotatable bonds is 4. The van der Waals surface area contributed by atoms with E-state index in [1.54, 1.807) is 0 Å². The summed E-state index contributed by atoms with van der Waals surface area (Å²) < 4.78 is 25.9.